The zero-order chi connectivity index (χ0) is 16.9. The van der Waals surface area contributed by atoms with Crippen LogP contribution in [0.25, 0.3) is 0 Å². The van der Waals surface area contributed by atoms with Crippen LogP contribution in [0.5, 0.6) is 0 Å². The summed E-state index contributed by atoms with van der Waals surface area (Å²) in [5, 5.41) is 2.87. The van der Waals surface area contributed by atoms with E-state index >= 15 is 0 Å². The summed E-state index contributed by atoms with van der Waals surface area (Å²) in [6.07, 6.45) is 4.88. The lowest BCUT2D eigenvalue weighted by atomic mass is 10.2. The van der Waals surface area contributed by atoms with Gasteiger partial charge in [-0.1, -0.05) is 6.07 Å². The number of urea groups is 1. The lowest BCUT2D eigenvalue weighted by molar-refractivity contribution is -0.117. The molecule has 1 aliphatic heterocycles. The van der Waals surface area contributed by atoms with E-state index in [9.17, 15) is 9.59 Å². The molecule has 1 aromatic heterocycles. The minimum absolute atomic E-state index is 0.133. The number of carbonyl (C=O) groups is 2. The first-order valence-electron chi connectivity index (χ1n) is 7.95. The highest BCUT2D eigenvalue weighted by Crippen LogP contribution is 2.24. The van der Waals surface area contributed by atoms with Crippen molar-refractivity contribution in [2.75, 3.05) is 23.8 Å². The Morgan fingerprint density at radius 1 is 1.29 bits per heavy atom. The monoisotopic (exact) mass is 324 g/mol. The molecule has 2 aromatic rings. The lowest BCUT2D eigenvalue weighted by Gasteiger charge is -2.20. The van der Waals surface area contributed by atoms with Crippen LogP contribution in [0.2, 0.25) is 0 Å². The van der Waals surface area contributed by atoms with Gasteiger partial charge < -0.3 is 15.1 Å². The van der Waals surface area contributed by atoms with E-state index in [1.54, 1.807) is 29.2 Å². The minimum Gasteiger partial charge on any atom is -0.323 e. The summed E-state index contributed by atoms with van der Waals surface area (Å²) in [4.78, 5) is 31.5. The Labute approximate surface area is 141 Å². The van der Waals surface area contributed by atoms with Crippen molar-refractivity contribution in [2.45, 2.75) is 19.4 Å². The molecule has 124 valence electrons. The molecule has 24 heavy (non-hydrogen) atoms. The second-order valence-electron chi connectivity index (χ2n) is 5.84. The maximum Gasteiger partial charge on any atom is 0.321 e. The van der Waals surface area contributed by atoms with Gasteiger partial charge >= 0.3 is 6.03 Å². The third kappa shape index (κ3) is 3.71. The second-order valence-corrected chi connectivity index (χ2v) is 5.84. The predicted octanol–water partition coefficient (Wildman–Crippen LogP) is 2.87. The molecule has 0 atom stereocenters. The topological polar surface area (TPSA) is 65.5 Å². The first kappa shape index (κ1) is 16.0. The summed E-state index contributed by atoms with van der Waals surface area (Å²) < 4.78 is 0. The number of pyridine rings is 1. The summed E-state index contributed by atoms with van der Waals surface area (Å²) in [6.45, 7) is 1.23. The van der Waals surface area contributed by atoms with Crippen LogP contribution in [0.1, 0.15) is 18.4 Å². The van der Waals surface area contributed by atoms with Crippen molar-refractivity contribution in [3.63, 3.8) is 0 Å². The average Bonchev–Trinajstić information content (AvgIpc) is 3.02. The highest BCUT2D eigenvalue weighted by atomic mass is 16.2. The number of rotatable bonds is 4. The van der Waals surface area contributed by atoms with Crippen LogP contribution in [0.15, 0.2) is 48.8 Å². The van der Waals surface area contributed by atoms with Gasteiger partial charge in [-0.2, -0.15) is 0 Å². The van der Waals surface area contributed by atoms with E-state index in [-0.39, 0.29) is 11.9 Å². The van der Waals surface area contributed by atoms with Crippen molar-refractivity contribution < 1.29 is 9.59 Å². The van der Waals surface area contributed by atoms with E-state index in [0.717, 1.165) is 24.2 Å². The molecule has 1 fully saturated rings. The number of nitrogens with one attached hydrogen (secondary N) is 1. The normalized spacial score (nSPS) is 13.9. The maximum absolute atomic E-state index is 12.3. The van der Waals surface area contributed by atoms with Crippen molar-refractivity contribution in [3.8, 4) is 0 Å². The van der Waals surface area contributed by atoms with E-state index in [0.29, 0.717) is 18.7 Å². The molecule has 6 nitrogen and oxygen atoms in total. The second kappa shape index (κ2) is 7.12. The summed E-state index contributed by atoms with van der Waals surface area (Å²) in [6, 6.07) is 11.0. The first-order valence-corrected chi connectivity index (χ1v) is 7.95. The van der Waals surface area contributed by atoms with Gasteiger partial charge in [-0.15, -0.1) is 0 Å². The number of hydrogen-bond acceptors (Lipinski definition) is 3. The molecule has 3 rings (SSSR count). The van der Waals surface area contributed by atoms with Crippen molar-refractivity contribution >= 4 is 23.3 Å². The molecule has 1 aliphatic rings. The molecular formula is C18H20N4O2. The van der Waals surface area contributed by atoms with Crippen LogP contribution >= 0.6 is 0 Å². The maximum atomic E-state index is 12.3. The zero-order valence-corrected chi connectivity index (χ0v) is 13.6. The number of aromatic nitrogens is 1. The van der Waals surface area contributed by atoms with Crippen molar-refractivity contribution in [3.05, 3.63) is 54.4 Å². The summed E-state index contributed by atoms with van der Waals surface area (Å²) in [5.41, 5.74) is 2.52. The van der Waals surface area contributed by atoms with Gasteiger partial charge in [0, 0.05) is 50.3 Å². The van der Waals surface area contributed by atoms with Crippen LogP contribution in [0.4, 0.5) is 16.2 Å². The quantitative estimate of drug-likeness (QED) is 0.940. The smallest absolute Gasteiger partial charge is 0.321 e. The van der Waals surface area contributed by atoms with Gasteiger partial charge in [0.25, 0.3) is 0 Å². The van der Waals surface area contributed by atoms with Gasteiger partial charge in [0.15, 0.2) is 0 Å². The molecule has 1 N–H and O–H groups in total. The molecule has 3 amide bonds. The van der Waals surface area contributed by atoms with Crippen LogP contribution in [-0.4, -0.2) is 35.4 Å². The Hall–Kier alpha value is -2.89. The van der Waals surface area contributed by atoms with E-state index < -0.39 is 0 Å². The molecule has 0 bridgehead atoms. The predicted molar refractivity (Wildman–Crippen MR) is 92.8 cm³/mol. The van der Waals surface area contributed by atoms with Crippen LogP contribution in [0, 0.1) is 0 Å². The Morgan fingerprint density at radius 2 is 2.08 bits per heavy atom. The van der Waals surface area contributed by atoms with Crippen molar-refractivity contribution in [1.82, 2.24) is 9.88 Å². The highest BCUT2D eigenvalue weighted by molar-refractivity contribution is 5.96. The van der Waals surface area contributed by atoms with Gasteiger partial charge in [-0.05, 0) is 42.3 Å². The molecular weight excluding hydrogens is 304 g/mol. The zero-order valence-electron chi connectivity index (χ0n) is 13.6. The van der Waals surface area contributed by atoms with Gasteiger partial charge in [0.1, 0.15) is 0 Å². The lowest BCUT2D eigenvalue weighted by Crippen LogP contribution is -2.31. The largest absolute Gasteiger partial charge is 0.323 e. The Balaban J connectivity index is 1.65. The van der Waals surface area contributed by atoms with Crippen LogP contribution in [-0.2, 0) is 11.3 Å². The molecule has 0 unspecified atom stereocenters. The number of hydrogen-bond donors (Lipinski definition) is 1. The van der Waals surface area contributed by atoms with Crippen molar-refractivity contribution in [1.29, 1.82) is 0 Å². The molecule has 1 aromatic carbocycles. The Morgan fingerprint density at radius 3 is 2.79 bits per heavy atom. The number of benzene rings is 1. The molecule has 0 aliphatic carbocycles. The number of anilines is 2. The van der Waals surface area contributed by atoms with Gasteiger partial charge in [-0.25, -0.2) is 4.79 Å². The highest BCUT2D eigenvalue weighted by Gasteiger charge is 2.21. The van der Waals surface area contributed by atoms with E-state index in [4.69, 9.17) is 0 Å². The molecule has 1 saturated heterocycles. The molecule has 6 heteroatoms. The summed E-state index contributed by atoms with van der Waals surface area (Å²) in [7, 11) is 1.74. The first-order chi connectivity index (χ1) is 11.6. The fourth-order valence-electron chi connectivity index (χ4n) is 2.73. The summed E-state index contributed by atoms with van der Waals surface area (Å²) >= 11 is 0. The minimum atomic E-state index is -0.197. The molecule has 2 heterocycles. The van der Waals surface area contributed by atoms with Crippen LogP contribution < -0.4 is 10.2 Å². The van der Waals surface area contributed by atoms with E-state index in [2.05, 4.69) is 10.3 Å². The fourth-order valence-corrected chi connectivity index (χ4v) is 2.73. The van der Waals surface area contributed by atoms with E-state index in [1.807, 2.05) is 36.4 Å². The third-order valence-electron chi connectivity index (χ3n) is 4.00. The molecule has 0 radical (unpaired) electrons. The molecule has 0 saturated carbocycles. The standard InChI is InChI=1S/C18H20N4O2/c1-21(13-14-7-9-19-10-8-14)18(24)20-15-4-2-5-16(12-15)22-11-3-6-17(22)23/h2,4-5,7-10,12H,3,6,11,13H2,1H3,(H,20,24). The fraction of sp³-hybridized carbons (Fsp3) is 0.278. The van der Waals surface area contributed by atoms with Crippen LogP contribution in [0.3, 0.4) is 0 Å². The van der Waals surface area contributed by atoms with Gasteiger partial charge in [-0.3, -0.25) is 9.78 Å². The Bertz CT molecular complexity index is 733. The average molecular weight is 324 g/mol. The van der Waals surface area contributed by atoms with Gasteiger partial charge in [0.2, 0.25) is 5.91 Å². The number of nitrogens with zero attached hydrogens (tertiary/aromatic N) is 3. The third-order valence-corrected chi connectivity index (χ3v) is 4.00. The SMILES string of the molecule is CN(Cc1ccncc1)C(=O)Nc1cccc(N2CCCC2=O)c1. The Kier molecular flexibility index (Phi) is 4.74. The van der Waals surface area contributed by atoms with Crippen molar-refractivity contribution in [2.24, 2.45) is 0 Å². The molecule has 0 spiro atoms. The number of amides is 3. The van der Waals surface area contributed by atoms with Gasteiger partial charge in [0.05, 0.1) is 0 Å². The summed E-state index contributed by atoms with van der Waals surface area (Å²) in [5.74, 6) is 0.133. The van der Waals surface area contributed by atoms with E-state index in [1.165, 1.54) is 0 Å². The number of carbonyl (C=O) groups excluding carboxylic acids is 2.